The second kappa shape index (κ2) is 11.7. The van der Waals surface area contributed by atoms with Crippen LogP contribution in [0.4, 0.5) is 0 Å². The van der Waals surface area contributed by atoms with Gasteiger partial charge in [-0.3, -0.25) is 9.59 Å². The summed E-state index contributed by atoms with van der Waals surface area (Å²) >= 11 is 3.55. The number of amides is 2. The molecule has 0 spiro atoms. The van der Waals surface area contributed by atoms with Crippen LogP contribution < -0.4 is 10.1 Å². The number of aryl methyl sites for hydroxylation is 1. The molecule has 1 N–H and O–H groups in total. The van der Waals surface area contributed by atoms with Gasteiger partial charge in [0.1, 0.15) is 11.8 Å². The SMILES string of the molecule is Cc1ccccc1CN(C(=O)COc1ccc(C(C)C)cc1Br)[C@H](C)C(=O)NC1CCCC1. The van der Waals surface area contributed by atoms with Crippen LogP contribution >= 0.6 is 15.9 Å². The zero-order valence-corrected chi connectivity index (χ0v) is 21.7. The van der Waals surface area contributed by atoms with Crippen molar-refractivity contribution in [1.82, 2.24) is 10.2 Å². The van der Waals surface area contributed by atoms with E-state index in [1.165, 1.54) is 5.56 Å². The molecule has 33 heavy (non-hydrogen) atoms. The number of hydrogen-bond donors (Lipinski definition) is 1. The van der Waals surface area contributed by atoms with Crippen LogP contribution in [0.3, 0.4) is 0 Å². The summed E-state index contributed by atoms with van der Waals surface area (Å²) in [5, 5.41) is 3.13. The average molecular weight is 515 g/mol. The summed E-state index contributed by atoms with van der Waals surface area (Å²) in [6.07, 6.45) is 4.30. The first-order chi connectivity index (χ1) is 15.8. The molecule has 6 heteroatoms. The highest BCUT2D eigenvalue weighted by molar-refractivity contribution is 9.10. The fourth-order valence-electron chi connectivity index (χ4n) is 4.16. The van der Waals surface area contributed by atoms with Crippen molar-refractivity contribution in [3.05, 3.63) is 63.6 Å². The van der Waals surface area contributed by atoms with Gasteiger partial charge in [-0.05, 0) is 77.4 Å². The molecule has 0 aliphatic heterocycles. The Bertz CT molecular complexity index is 970. The third kappa shape index (κ3) is 6.83. The minimum absolute atomic E-state index is 0.105. The molecule has 5 nitrogen and oxygen atoms in total. The molecule has 2 aromatic carbocycles. The van der Waals surface area contributed by atoms with Crippen LogP contribution in [0.1, 0.15) is 69.1 Å². The lowest BCUT2D eigenvalue weighted by molar-refractivity contribution is -0.142. The molecule has 1 saturated carbocycles. The van der Waals surface area contributed by atoms with E-state index in [0.29, 0.717) is 18.2 Å². The second-order valence-corrected chi connectivity index (χ2v) is 10.1. The van der Waals surface area contributed by atoms with Gasteiger partial charge in [-0.1, -0.05) is 57.0 Å². The number of rotatable bonds is 9. The molecule has 0 bridgehead atoms. The highest BCUT2D eigenvalue weighted by Crippen LogP contribution is 2.29. The molecule has 1 aliphatic rings. The normalized spacial score (nSPS) is 14.8. The molecular formula is C27H35BrN2O3. The molecule has 178 valence electrons. The monoisotopic (exact) mass is 514 g/mol. The predicted molar refractivity (Wildman–Crippen MR) is 135 cm³/mol. The van der Waals surface area contributed by atoms with Crippen LogP contribution in [0.15, 0.2) is 46.9 Å². The van der Waals surface area contributed by atoms with Gasteiger partial charge in [-0.25, -0.2) is 0 Å². The number of carbonyl (C=O) groups excluding carboxylic acids is 2. The molecule has 1 aliphatic carbocycles. The summed E-state index contributed by atoms with van der Waals surface area (Å²) in [6.45, 7) is 8.31. The fraction of sp³-hybridized carbons (Fsp3) is 0.481. The Morgan fingerprint density at radius 2 is 1.82 bits per heavy atom. The van der Waals surface area contributed by atoms with Crippen LogP contribution in [-0.2, 0) is 16.1 Å². The Morgan fingerprint density at radius 1 is 1.12 bits per heavy atom. The molecule has 2 aromatic rings. The number of nitrogens with zero attached hydrogens (tertiary/aromatic N) is 1. The molecule has 1 fully saturated rings. The van der Waals surface area contributed by atoms with Crippen LogP contribution in [0, 0.1) is 6.92 Å². The van der Waals surface area contributed by atoms with Crippen LogP contribution in [0.5, 0.6) is 5.75 Å². The number of hydrogen-bond acceptors (Lipinski definition) is 3. The minimum Gasteiger partial charge on any atom is -0.483 e. The Kier molecular flexibility index (Phi) is 8.95. The lowest BCUT2D eigenvalue weighted by Gasteiger charge is -2.30. The Hall–Kier alpha value is -2.34. The number of nitrogens with one attached hydrogen (secondary N) is 1. The van der Waals surface area contributed by atoms with Crippen LogP contribution in [-0.4, -0.2) is 35.4 Å². The minimum atomic E-state index is -0.590. The van der Waals surface area contributed by atoms with Crippen LogP contribution in [0.25, 0.3) is 0 Å². The average Bonchev–Trinajstić information content (AvgIpc) is 3.30. The van der Waals surface area contributed by atoms with E-state index in [-0.39, 0.29) is 24.5 Å². The van der Waals surface area contributed by atoms with Gasteiger partial charge in [-0.2, -0.15) is 0 Å². The smallest absolute Gasteiger partial charge is 0.261 e. The van der Waals surface area contributed by atoms with E-state index >= 15 is 0 Å². The van der Waals surface area contributed by atoms with Gasteiger partial charge in [0.25, 0.3) is 5.91 Å². The highest BCUT2D eigenvalue weighted by Gasteiger charge is 2.29. The van der Waals surface area contributed by atoms with Crippen molar-refractivity contribution in [2.75, 3.05) is 6.61 Å². The molecule has 0 aromatic heterocycles. The van der Waals surface area contributed by atoms with Crippen molar-refractivity contribution >= 4 is 27.7 Å². The van der Waals surface area contributed by atoms with Gasteiger partial charge < -0.3 is 15.0 Å². The van der Waals surface area contributed by atoms with Crippen molar-refractivity contribution in [2.45, 2.75) is 77.9 Å². The lowest BCUT2D eigenvalue weighted by atomic mass is 10.0. The van der Waals surface area contributed by atoms with Gasteiger partial charge >= 0.3 is 0 Å². The Labute approximate surface area is 206 Å². The first kappa shape index (κ1) is 25.3. The quantitative estimate of drug-likeness (QED) is 0.464. The van der Waals surface area contributed by atoms with E-state index in [1.54, 1.807) is 11.8 Å². The molecule has 1 atom stereocenters. The number of carbonyl (C=O) groups is 2. The standard InChI is InChI=1S/C27H35BrN2O3/c1-18(2)21-13-14-25(24(28)15-21)33-17-26(31)30(16-22-10-6-5-9-19(22)3)20(4)27(32)29-23-11-7-8-12-23/h5-6,9-10,13-15,18,20,23H,7-8,11-12,16-17H2,1-4H3,(H,29,32)/t20-/m1/s1. The van der Waals surface area contributed by atoms with E-state index in [0.717, 1.165) is 41.3 Å². The van der Waals surface area contributed by atoms with Crippen molar-refractivity contribution in [2.24, 2.45) is 0 Å². The zero-order chi connectivity index (χ0) is 24.0. The van der Waals surface area contributed by atoms with Crippen molar-refractivity contribution in [3.63, 3.8) is 0 Å². The summed E-state index contributed by atoms with van der Waals surface area (Å²) in [5.74, 6) is 0.700. The van der Waals surface area contributed by atoms with Crippen molar-refractivity contribution in [3.8, 4) is 5.75 Å². The summed E-state index contributed by atoms with van der Waals surface area (Å²) in [7, 11) is 0. The molecular weight excluding hydrogens is 480 g/mol. The zero-order valence-electron chi connectivity index (χ0n) is 20.1. The summed E-state index contributed by atoms with van der Waals surface area (Å²) in [6, 6.07) is 13.5. The maximum atomic E-state index is 13.3. The Morgan fingerprint density at radius 3 is 2.45 bits per heavy atom. The molecule has 0 unspecified atom stereocenters. The van der Waals surface area contributed by atoms with Crippen molar-refractivity contribution in [1.29, 1.82) is 0 Å². The maximum absolute atomic E-state index is 13.3. The maximum Gasteiger partial charge on any atom is 0.261 e. The van der Waals surface area contributed by atoms with Crippen molar-refractivity contribution < 1.29 is 14.3 Å². The fourth-order valence-corrected chi connectivity index (χ4v) is 4.67. The Balaban J connectivity index is 1.73. The molecule has 0 radical (unpaired) electrons. The number of benzene rings is 2. The van der Waals surface area contributed by atoms with Gasteiger partial charge in [0.15, 0.2) is 6.61 Å². The van der Waals surface area contributed by atoms with Gasteiger partial charge in [0.2, 0.25) is 5.91 Å². The first-order valence-electron chi connectivity index (χ1n) is 11.8. The third-order valence-corrected chi connectivity index (χ3v) is 7.06. The first-order valence-corrected chi connectivity index (χ1v) is 12.6. The van der Waals surface area contributed by atoms with E-state index in [2.05, 4.69) is 35.1 Å². The van der Waals surface area contributed by atoms with Gasteiger partial charge in [0, 0.05) is 12.6 Å². The van der Waals surface area contributed by atoms with E-state index in [4.69, 9.17) is 4.74 Å². The second-order valence-electron chi connectivity index (χ2n) is 9.25. The topological polar surface area (TPSA) is 58.6 Å². The number of halogens is 1. The summed E-state index contributed by atoms with van der Waals surface area (Å²) < 4.78 is 6.69. The largest absolute Gasteiger partial charge is 0.483 e. The van der Waals surface area contributed by atoms with Gasteiger partial charge in [-0.15, -0.1) is 0 Å². The van der Waals surface area contributed by atoms with Gasteiger partial charge in [0.05, 0.1) is 4.47 Å². The van der Waals surface area contributed by atoms with E-state index in [1.807, 2.05) is 49.4 Å². The molecule has 2 amide bonds. The highest BCUT2D eigenvalue weighted by atomic mass is 79.9. The van der Waals surface area contributed by atoms with E-state index < -0.39 is 6.04 Å². The predicted octanol–water partition coefficient (Wildman–Crippen LogP) is 5.74. The lowest BCUT2D eigenvalue weighted by Crippen LogP contribution is -2.50. The molecule has 3 rings (SSSR count). The summed E-state index contributed by atoms with van der Waals surface area (Å²) in [4.78, 5) is 27.9. The van der Waals surface area contributed by atoms with Crippen LogP contribution in [0.2, 0.25) is 0 Å². The molecule has 0 heterocycles. The molecule has 0 saturated heterocycles. The third-order valence-electron chi connectivity index (χ3n) is 6.44. The number of ether oxygens (including phenoxy) is 1. The summed E-state index contributed by atoms with van der Waals surface area (Å²) in [5.41, 5.74) is 3.31. The van der Waals surface area contributed by atoms with E-state index in [9.17, 15) is 9.59 Å².